The second-order valence-electron chi connectivity index (χ2n) is 6.70. The van der Waals surface area contributed by atoms with Crippen LogP contribution in [0.25, 0.3) is 5.52 Å². The lowest BCUT2D eigenvalue weighted by atomic mass is 10.2. The molecule has 1 aliphatic heterocycles. The molecule has 3 heterocycles. The summed E-state index contributed by atoms with van der Waals surface area (Å²) in [6.45, 7) is 4.40. The van der Waals surface area contributed by atoms with Crippen molar-refractivity contribution in [1.82, 2.24) is 14.7 Å². The van der Waals surface area contributed by atoms with Crippen molar-refractivity contribution in [1.29, 1.82) is 0 Å². The fourth-order valence-corrected chi connectivity index (χ4v) is 3.36. The lowest BCUT2D eigenvalue weighted by Gasteiger charge is -2.16. The van der Waals surface area contributed by atoms with E-state index in [0.29, 0.717) is 17.8 Å². The Kier molecular flexibility index (Phi) is 3.95. The van der Waals surface area contributed by atoms with Crippen LogP contribution in [0.1, 0.15) is 40.5 Å². The summed E-state index contributed by atoms with van der Waals surface area (Å²) in [6.07, 6.45) is 2.58. The Labute approximate surface area is 151 Å². The minimum atomic E-state index is -0.290. The molecule has 2 aromatic heterocycles. The highest BCUT2D eigenvalue weighted by molar-refractivity contribution is 6.11. The summed E-state index contributed by atoms with van der Waals surface area (Å²) in [5.74, 6) is -0.241. The predicted molar refractivity (Wildman–Crippen MR) is 99.6 cm³/mol. The zero-order valence-electron chi connectivity index (χ0n) is 14.8. The summed E-state index contributed by atoms with van der Waals surface area (Å²) in [6, 6.07) is 13.4. The quantitative estimate of drug-likeness (QED) is 0.791. The normalized spacial score (nSPS) is 13.3. The number of carbonyl (C=O) groups excluding carboxylic acids is 2. The molecule has 1 aromatic carbocycles. The molecule has 3 aromatic rings. The summed E-state index contributed by atoms with van der Waals surface area (Å²) in [5.41, 5.74) is 3.01. The number of nitrogens with one attached hydrogen (secondary N) is 1. The van der Waals surface area contributed by atoms with Crippen LogP contribution < -0.4 is 10.2 Å². The zero-order valence-corrected chi connectivity index (χ0v) is 14.8. The Morgan fingerprint density at radius 2 is 1.88 bits per heavy atom. The van der Waals surface area contributed by atoms with E-state index in [9.17, 15) is 9.59 Å². The molecule has 6 heteroatoms. The van der Waals surface area contributed by atoms with Gasteiger partial charge >= 0.3 is 0 Å². The van der Waals surface area contributed by atoms with E-state index in [2.05, 4.69) is 10.3 Å². The maximum atomic E-state index is 13.2. The Hall–Kier alpha value is -3.15. The second-order valence-corrected chi connectivity index (χ2v) is 6.70. The molecule has 1 aliphatic rings. The van der Waals surface area contributed by atoms with Gasteiger partial charge in [-0.25, -0.2) is 4.98 Å². The molecule has 0 radical (unpaired) electrons. The van der Waals surface area contributed by atoms with Crippen molar-refractivity contribution in [3.8, 4) is 0 Å². The fraction of sp³-hybridized carbons (Fsp3) is 0.250. The van der Waals surface area contributed by atoms with Gasteiger partial charge in [-0.05, 0) is 44.0 Å². The molecule has 1 N–H and O–H groups in total. The average molecular weight is 348 g/mol. The molecule has 0 fully saturated rings. The summed E-state index contributed by atoms with van der Waals surface area (Å²) in [4.78, 5) is 31.9. The van der Waals surface area contributed by atoms with E-state index in [1.165, 1.54) is 0 Å². The highest BCUT2D eigenvalue weighted by Gasteiger charge is 2.29. The maximum absolute atomic E-state index is 13.2. The minimum Gasteiger partial charge on any atom is -0.347 e. The van der Waals surface area contributed by atoms with Gasteiger partial charge in [0.1, 0.15) is 0 Å². The van der Waals surface area contributed by atoms with Crippen LogP contribution >= 0.6 is 0 Å². The molecular formula is C20H20N4O2. The number of nitrogens with zero attached hydrogens (tertiary/aromatic N) is 3. The zero-order chi connectivity index (χ0) is 18.3. The number of imidazole rings is 1. The van der Waals surface area contributed by atoms with E-state index in [4.69, 9.17) is 0 Å². The van der Waals surface area contributed by atoms with Crippen LogP contribution in [-0.4, -0.2) is 33.8 Å². The van der Waals surface area contributed by atoms with Crippen LogP contribution in [0.5, 0.6) is 0 Å². The molecule has 4 rings (SSSR count). The van der Waals surface area contributed by atoms with Gasteiger partial charge in [0, 0.05) is 24.5 Å². The second kappa shape index (κ2) is 6.29. The standard InChI is InChI=1S/C20H20N4O2/c1-13(2)21-19(25)18-22-17(16-9-5-6-11-23(16)18)20(26)24-12-10-14-7-3-4-8-15(14)24/h3-9,11,13H,10,12H2,1-2H3,(H,21,25). The topological polar surface area (TPSA) is 66.7 Å². The van der Waals surface area contributed by atoms with E-state index >= 15 is 0 Å². The number of rotatable bonds is 3. The Morgan fingerprint density at radius 1 is 1.12 bits per heavy atom. The van der Waals surface area contributed by atoms with Gasteiger partial charge in [0.25, 0.3) is 11.8 Å². The summed E-state index contributed by atoms with van der Waals surface area (Å²) in [7, 11) is 0. The highest BCUT2D eigenvalue weighted by atomic mass is 16.2. The molecule has 0 aliphatic carbocycles. The Bertz CT molecular complexity index is 1010. The van der Waals surface area contributed by atoms with Crippen molar-refractivity contribution in [3.63, 3.8) is 0 Å². The van der Waals surface area contributed by atoms with Gasteiger partial charge in [-0.2, -0.15) is 0 Å². The van der Waals surface area contributed by atoms with Crippen LogP contribution in [0.2, 0.25) is 0 Å². The molecule has 0 saturated heterocycles. The third-order valence-corrected chi connectivity index (χ3v) is 4.51. The molecule has 26 heavy (non-hydrogen) atoms. The number of anilines is 1. The molecule has 132 valence electrons. The Balaban J connectivity index is 1.78. The SMILES string of the molecule is CC(C)NC(=O)c1nc(C(=O)N2CCc3ccccc32)c2ccccn12. The summed E-state index contributed by atoms with van der Waals surface area (Å²) in [5, 5.41) is 2.84. The van der Waals surface area contributed by atoms with Crippen LogP contribution in [0.4, 0.5) is 5.69 Å². The van der Waals surface area contributed by atoms with Gasteiger partial charge < -0.3 is 10.2 Å². The van der Waals surface area contributed by atoms with Crippen LogP contribution in [-0.2, 0) is 6.42 Å². The third kappa shape index (κ3) is 2.63. The summed E-state index contributed by atoms with van der Waals surface area (Å²) < 4.78 is 1.67. The molecular weight excluding hydrogens is 328 g/mol. The van der Waals surface area contributed by atoms with Crippen molar-refractivity contribution in [2.24, 2.45) is 0 Å². The highest BCUT2D eigenvalue weighted by Crippen LogP contribution is 2.29. The van der Waals surface area contributed by atoms with Gasteiger partial charge in [-0.3, -0.25) is 14.0 Å². The van der Waals surface area contributed by atoms with Gasteiger partial charge in [-0.15, -0.1) is 0 Å². The third-order valence-electron chi connectivity index (χ3n) is 4.51. The van der Waals surface area contributed by atoms with Gasteiger partial charge in [0.2, 0.25) is 5.82 Å². The average Bonchev–Trinajstić information content (AvgIpc) is 3.22. The predicted octanol–water partition coefficient (Wildman–Crippen LogP) is 2.68. The maximum Gasteiger partial charge on any atom is 0.287 e. The number of amides is 2. The number of aromatic nitrogens is 2. The number of hydrogen-bond donors (Lipinski definition) is 1. The van der Waals surface area contributed by atoms with Crippen LogP contribution in [0, 0.1) is 0 Å². The van der Waals surface area contributed by atoms with Crippen molar-refractivity contribution in [3.05, 3.63) is 65.7 Å². The molecule has 2 amide bonds. The van der Waals surface area contributed by atoms with Gasteiger partial charge in [0.05, 0.1) is 5.52 Å². The van der Waals surface area contributed by atoms with E-state index in [0.717, 1.165) is 17.7 Å². The van der Waals surface area contributed by atoms with Gasteiger partial charge in [0.15, 0.2) is 5.69 Å². The monoisotopic (exact) mass is 348 g/mol. The van der Waals surface area contributed by atoms with Crippen LogP contribution in [0.3, 0.4) is 0 Å². The lowest BCUT2D eigenvalue weighted by molar-refractivity contribution is 0.0932. The smallest absolute Gasteiger partial charge is 0.287 e. The first-order valence-corrected chi connectivity index (χ1v) is 8.74. The first-order valence-electron chi connectivity index (χ1n) is 8.74. The first-order chi connectivity index (χ1) is 12.6. The van der Waals surface area contributed by atoms with Crippen molar-refractivity contribution in [2.75, 3.05) is 11.4 Å². The number of carbonyl (C=O) groups is 2. The molecule has 0 unspecified atom stereocenters. The number of hydrogen-bond acceptors (Lipinski definition) is 3. The lowest BCUT2D eigenvalue weighted by Crippen LogP contribution is -2.32. The number of fused-ring (bicyclic) bond motifs is 2. The van der Waals surface area contributed by atoms with Gasteiger partial charge in [-0.1, -0.05) is 24.3 Å². The minimum absolute atomic E-state index is 0.0110. The van der Waals surface area contributed by atoms with E-state index in [1.54, 1.807) is 15.5 Å². The molecule has 0 bridgehead atoms. The number of pyridine rings is 1. The Morgan fingerprint density at radius 3 is 2.69 bits per heavy atom. The van der Waals surface area contributed by atoms with Crippen molar-refractivity contribution < 1.29 is 9.59 Å². The van der Waals surface area contributed by atoms with E-state index in [1.807, 2.05) is 56.3 Å². The van der Waals surface area contributed by atoms with Crippen molar-refractivity contribution in [2.45, 2.75) is 26.3 Å². The van der Waals surface area contributed by atoms with Crippen LogP contribution in [0.15, 0.2) is 48.7 Å². The number of para-hydroxylation sites is 1. The molecule has 6 nitrogen and oxygen atoms in total. The number of benzene rings is 1. The van der Waals surface area contributed by atoms with E-state index < -0.39 is 0 Å². The van der Waals surface area contributed by atoms with Crippen molar-refractivity contribution >= 4 is 23.0 Å². The summed E-state index contributed by atoms with van der Waals surface area (Å²) >= 11 is 0. The fourth-order valence-electron chi connectivity index (χ4n) is 3.36. The largest absolute Gasteiger partial charge is 0.347 e. The van der Waals surface area contributed by atoms with E-state index in [-0.39, 0.29) is 23.7 Å². The molecule has 0 saturated carbocycles. The molecule has 0 spiro atoms. The molecule has 0 atom stereocenters. The first kappa shape index (κ1) is 16.3.